The predicted molar refractivity (Wildman–Crippen MR) is 114 cm³/mol. The van der Waals surface area contributed by atoms with Gasteiger partial charge in [0.1, 0.15) is 5.76 Å². The van der Waals surface area contributed by atoms with Crippen LogP contribution in [-0.2, 0) is 17.8 Å². The summed E-state index contributed by atoms with van der Waals surface area (Å²) in [6.45, 7) is 5.87. The molecule has 0 bridgehead atoms. The van der Waals surface area contributed by atoms with Crippen LogP contribution in [0.25, 0.3) is 11.5 Å². The number of halogens is 1. The number of carbonyl (C=O) groups excluding carboxylic acids is 1. The quantitative estimate of drug-likeness (QED) is 0.634. The highest BCUT2D eigenvalue weighted by Crippen LogP contribution is 2.22. The maximum absolute atomic E-state index is 12.8. The third kappa shape index (κ3) is 4.86. The monoisotopic (exact) mass is 409 g/mol. The number of carbonyl (C=O) groups is 1. The largest absolute Gasteiger partial charge is 0.441 e. The van der Waals surface area contributed by atoms with Crippen molar-refractivity contribution in [3.63, 3.8) is 0 Å². The van der Waals surface area contributed by atoms with E-state index in [4.69, 9.17) is 16.0 Å². The molecule has 4 rings (SSSR count). The number of benzene rings is 2. The molecule has 0 spiro atoms. The average molecular weight is 410 g/mol. The molecule has 150 valence electrons. The van der Waals surface area contributed by atoms with Crippen LogP contribution < -0.4 is 0 Å². The van der Waals surface area contributed by atoms with Crippen molar-refractivity contribution in [1.29, 1.82) is 0 Å². The van der Waals surface area contributed by atoms with Crippen LogP contribution >= 0.6 is 11.6 Å². The number of rotatable bonds is 5. The molecule has 1 aliphatic heterocycles. The molecule has 0 unspecified atom stereocenters. The first kappa shape index (κ1) is 19.7. The van der Waals surface area contributed by atoms with Crippen LogP contribution in [0.2, 0.25) is 5.02 Å². The van der Waals surface area contributed by atoms with Crippen molar-refractivity contribution < 1.29 is 9.21 Å². The Balaban J connectivity index is 1.33. The van der Waals surface area contributed by atoms with Gasteiger partial charge in [0.25, 0.3) is 0 Å². The van der Waals surface area contributed by atoms with Gasteiger partial charge >= 0.3 is 0 Å². The van der Waals surface area contributed by atoms with E-state index in [-0.39, 0.29) is 12.3 Å². The van der Waals surface area contributed by atoms with Gasteiger partial charge in [0.2, 0.25) is 11.8 Å². The van der Waals surface area contributed by atoms with E-state index in [0.29, 0.717) is 11.7 Å². The molecule has 1 aliphatic rings. The van der Waals surface area contributed by atoms with E-state index < -0.39 is 0 Å². The second-order valence-corrected chi connectivity index (χ2v) is 7.79. The lowest BCUT2D eigenvalue weighted by Gasteiger charge is -2.34. The Bertz CT molecular complexity index is 979. The summed E-state index contributed by atoms with van der Waals surface area (Å²) in [7, 11) is 0. The Morgan fingerprint density at radius 3 is 2.55 bits per heavy atom. The van der Waals surface area contributed by atoms with Crippen LogP contribution in [0.5, 0.6) is 0 Å². The van der Waals surface area contributed by atoms with Gasteiger partial charge in [0.15, 0.2) is 0 Å². The summed E-state index contributed by atoms with van der Waals surface area (Å²) in [4.78, 5) is 21.6. The fourth-order valence-corrected chi connectivity index (χ4v) is 3.81. The number of piperazine rings is 1. The zero-order chi connectivity index (χ0) is 20.2. The first-order chi connectivity index (χ1) is 14.1. The maximum Gasteiger partial charge on any atom is 0.228 e. The highest BCUT2D eigenvalue weighted by atomic mass is 35.5. The number of oxazole rings is 1. The van der Waals surface area contributed by atoms with Gasteiger partial charge in [-0.1, -0.05) is 41.9 Å². The molecule has 0 N–H and O–H groups in total. The summed E-state index contributed by atoms with van der Waals surface area (Å²) < 4.78 is 5.78. The first-order valence-electron chi connectivity index (χ1n) is 9.85. The van der Waals surface area contributed by atoms with E-state index in [9.17, 15) is 4.79 Å². The summed E-state index contributed by atoms with van der Waals surface area (Å²) in [5, 5.41) is 0.758. The SMILES string of the molecule is Cc1oc(-c2ccccc2)nc1CC(=O)N1CCN(Cc2cccc(Cl)c2)CC1. The third-order valence-corrected chi connectivity index (χ3v) is 5.49. The van der Waals surface area contributed by atoms with E-state index in [1.165, 1.54) is 5.56 Å². The molecule has 0 atom stereocenters. The number of aromatic nitrogens is 1. The molecule has 5 nitrogen and oxygen atoms in total. The Kier molecular flexibility index (Phi) is 5.97. The number of hydrogen-bond acceptors (Lipinski definition) is 4. The Hall–Kier alpha value is -2.63. The van der Waals surface area contributed by atoms with Crippen molar-refractivity contribution in [2.45, 2.75) is 19.9 Å². The van der Waals surface area contributed by atoms with Crippen LogP contribution in [0.4, 0.5) is 0 Å². The molecule has 1 amide bonds. The summed E-state index contributed by atoms with van der Waals surface area (Å²) >= 11 is 6.07. The number of aryl methyl sites for hydroxylation is 1. The van der Waals surface area contributed by atoms with Crippen LogP contribution in [0.3, 0.4) is 0 Å². The molecule has 0 aliphatic carbocycles. The van der Waals surface area contributed by atoms with Crippen molar-refractivity contribution in [3.8, 4) is 11.5 Å². The van der Waals surface area contributed by atoms with Crippen LogP contribution in [0.15, 0.2) is 59.0 Å². The third-order valence-electron chi connectivity index (χ3n) is 5.25. The van der Waals surface area contributed by atoms with Gasteiger partial charge in [-0.25, -0.2) is 4.98 Å². The first-order valence-corrected chi connectivity index (χ1v) is 10.2. The predicted octanol–water partition coefficient (Wildman–Crippen LogP) is 4.19. The topological polar surface area (TPSA) is 49.6 Å². The lowest BCUT2D eigenvalue weighted by Crippen LogP contribution is -2.48. The number of nitrogens with zero attached hydrogens (tertiary/aromatic N) is 3. The van der Waals surface area contributed by atoms with Crippen LogP contribution in [0, 0.1) is 6.92 Å². The molecule has 2 aromatic carbocycles. The Morgan fingerprint density at radius 2 is 1.83 bits per heavy atom. The fraction of sp³-hybridized carbons (Fsp3) is 0.304. The smallest absolute Gasteiger partial charge is 0.228 e. The van der Waals surface area contributed by atoms with Crippen molar-refractivity contribution in [1.82, 2.24) is 14.8 Å². The van der Waals surface area contributed by atoms with Gasteiger partial charge in [-0.15, -0.1) is 0 Å². The molecular formula is C23H24ClN3O2. The van der Waals surface area contributed by atoms with E-state index in [1.807, 2.05) is 60.4 Å². The van der Waals surface area contributed by atoms with Gasteiger partial charge in [-0.2, -0.15) is 0 Å². The van der Waals surface area contributed by atoms with Crippen LogP contribution in [0.1, 0.15) is 17.0 Å². The normalized spacial score (nSPS) is 14.9. The second-order valence-electron chi connectivity index (χ2n) is 7.35. The minimum Gasteiger partial charge on any atom is -0.441 e. The molecule has 2 heterocycles. The highest BCUT2D eigenvalue weighted by molar-refractivity contribution is 6.30. The van der Waals surface area contributed by atoms with E-state index in [0.717, 1.165) is 49.0 Å². The molecule has 3 aromatic rings. The van der Waals surface area contributed by atoms with Crippen molar-refractivity contribution >= 4 is 17.5 Å². The second kappa shape index (κ2) is 8.80. The van der Waals surface area contributed by atoms with Gasteiger partial charge < -0.3 is 9.32 Å². The lowest BCUT2D eigenvalue weighted by atomic mass is 10.2. The van der Waals surface area contributed by atoms with E-state index >= 15 is 0 Å². The molecule has 6 heteroatoms. The lowest BCUT2D eigenvalue weighted by molar-refractivity contribution is -0.132. The average Bonchev–Trinajstić information content (AvgIpc) is 3.09. The summed E-state index contributed by atoms with van der Waals surface area (Å²) in [6.07, 6.45) is 0.274. The number of amides is 1. The summed E-state index contributed by atoms with van der Waals surface area (Å²) in [6, 6.07) is 17.7. The van der Waals surface area contributed by atoms with E-state index in [2.05, 4.69) is 16.0 Å². The van der Waals surface area contributed by atoms with E-state index in [1.54, 1.807) is 0 Å². The van der Waals surface area contributed by atoms with Crippen molar-refractivity contribution in [2.24, 2.45) is 0 Å². The molecule has 1 fully saturated rings. The Morgan fingerprint density at radius 1 is 1.07 bits per heavy atom. The maximum atomic E-state index is 12.8. The molecule has 29 heavy (non-hydrogen) atoms. The minimum atomic E-state index is 0.100. The van der Waals surface area contributed by atoms with Crippen LogP contribution in [-0.4, -0.2) is 46.9 Å². The van der Waals surface area contributed by atoms with Crippen molar-refractivity contribution in [3.05, 3.63) is 76.6 Å². The van der Waals surface area contributed by atoms with Gasteiger partial charge in [0.05, 0.1) is 12.1 Å². The molecule has 1 saturated heterocycles. The number of hydrogen-bond donors (Lipinski definition) is 0. The highest BCUT2D eigenvalue weighted by Gasteiger charge is 2.23. The standard InChI is InChI=1S/C23H24ClN3O2/c1-17-21(25-23(29-17)19-7-3-2-4-8-19)15-22(28)27-12-10-26(11-13-27)16-18-6-5-9-20(24)14-18/h2-9,14H,10-13,15-16H2,1H3. The van der Waals surface area contributed by atoms with Gasteiger partial charge in [0, 0.05) is 43.3 Å². The zero-order valence-electron chi connectivity index (χ0n) is 16.5. The van der Waals surface area contributed by atoms with Gasteiger partial charge in [-0.3, -0.25) is 9.69 Å². The molecular weight excluding hydrogens is 386 g/mol. The van der Waals surface area contributed by atoms with Crippen molar-refractivity contribution in [2.75, 3.05) is 26.2 Å². The summed E-state index contributed by atoms with van der Waals surface area (Å²) in [5.74, 6) is 1.37. The summed E-state index contributed by atoms with van der Waals surface area (Å²) in [5.41, 5.74) is 2.84. The van der Waals surface area contributed by atoms with Gasteiger partial charge in [-0.05, 0) is 36.8 Å². The Labute approximate surface area is 175 Å². The zero-order valence-corrected chi connectivity index (χ0v) is 17.2. The minimum absolute atomic E-state index is 0.100. The molecule has 1 aromatic heterocycles. The molecule has 0 radical (unpaired) electrons. The molecule has 0 saturated carbocycles. The fourth-order valence-electron chi connectivity index (χ4n) is 3.60.